The minimum Gasteiger partial charge on any atom is -0.489 e. The predicted octanol–water partition coefficient (Wildman–Crippen LogP) is 6.21. The Balaban J connectivity index is 1.67. The number of carbonyl (C=O) groups excluding carboxylic acids is 2. The van der Waals surface area contributed by atoms with Crippen molar-refractivity contribution in [3.05, 3.63) is 73.7 Å². The summed E-state index contributed by atoms with van der Waals surface area (Å²) in [5, 5.41) is 0.668. The van der Waals surface area contributed by atoms with Gasteiger partial charge in [0.15, 0.2) is 30.2 Å². The van der Waals surface area contributed by atoms with Crippen molar-refractivity contribution in [3.8, 4) is 11.5 Å². The topological polar surface area (TPSA) is 76.0 Å². The Morgan fingerprint density at radius 1 is 1.14 bits per heavy atom. The summed E-state index contributed by atoms with van der Waals surface area (Å²) < 4.78 is 42.0. The van der Waals surface area contributed by atoms with Crippen molar-refractivity contribution in [2.24, 2.45) is 5.92 Å². The van der Waals surface area contributed by atoms with E-state index >= 15 is 0 Å². The van der Waals surface area contributed by atoms with Gasteiger partial charge >= 0.3 is 12.6 Å². The lowest BCUT2D eigenvalue weighted by atomic mass is 10.0. The van der Waals surface area contributed by atoms with Crippen molar-refractivity contribution in [3.63, 3.8) is 0 Å². The molecule has 0 bridgehead atoms. The van der Waals surface area contributed by atoms with Crippen LogP contribution in [0.15, 0.2) is 42.7 Å². The zero-order valence-electron chi connectivity index (χ0n) is 18.1. The van der Waals surface area contributed by atoms with E-state index in [1.807, 2.05) is 0 Å². The molecule has 1 atom stereocenters. The quantitative estimate of drug-likeness (QED) is 0.212. The smallest absolute Gasteiger partial charge is 0.387 e. The van der Waals surface area contributed by atoms with Gasteiger partial charge in [0.1, 0.15) is 21.0 Å². The highest BCUT2D eigenvalue weighted by atomic mass is 35.5. The molecule has 184 valence electrons. The summed E-state index contributed by atoms with van der Waals surface area (Å²) in [6, 6.07) is 7.39. The van der Waals surface area contributed by atoms with Gasteiger partial charge in [0.25, 0.3) is 0 Å². The molecule has 1 fully saturated rings. The molecule has 2 heterocycles. The van der Waals surface area contributed by atoms with Gasteiger partial charge in [0.2, 0.25) is 0 Å². The zero-order chi connectivity index (χ0) is 24.9. The Hall–Kier alpha value is -2.75. The molecule has 1 aliphatic rings. The molecule has 2 aromatic heterocycles. The molecule has 11 heteroatoms. The van der Waals surface area contributed by atoms with Gasteiger partial charge in [0.05, 0.1) is 11.5 Å². The lowest BCUT2D eigenvalue weighted by Gasteiger charge is -2.21. The second kappa shape index (κ2) is 11.3. The molecule has 4 rings (SSSR count). The Kier molecular flexibility index (Phi) is 8.20. The number of thiophene rings is 1. The average Bonchev–Trinajstić information content (AvgIpc) is 3.53. The van der Waals surface area contributed by atoms with Gasteiger partial charge in [-0.3, -0.25) is 4.79 Å². The van der Waals surface area contributed by atoms with Gasteiger partial charge in [0, 0.05) is 12.0 Å². The number of hydrogen-bond acceptors (Lipinski definition) is 6. The number of esters is 1. The molecule has 0 saturated heterocycles. The first-order chi connectivity index (χ1) is 16.8. The molecule has 0 unspecified atom stereocenters. The fraction of sp³-hybridized carbons (Fsp3) is 0.292. The van der Waals surface area contributed by atoms with E-state index in [0.717, 1.165) is 24.2 Å². The van der Waals surface area contributed by atoms with E-state index in [9.17, 15) is 18.4 Å². The molecule has 0 aliphatic heterocycles. The number of alkyl halides is 2. The number of rotatable bonds is 11. The molecule has 0 amide bonds. The van der Waals surface area contributed by atoms with Gasteiger partial charge in [-0.15, -0.1) is 11.3 Å². The molecule has 1 aromatic carbocycles. The van der Waals surface area contributed by atoms with Crippen molar-refractivity contribution in [2.45, 2.75) is 32.0 Å². The van der Waals surface area contributed by atoms with Crippen molar-refractivity contribution >= 4 is 46.8 Å². The lowest BCUT2D eigenvalue weighted by Crippen LogP contribution is -2.15. The van der Waals surface area contributed by atoms with Crippen molar-refractivity contribution < 1.29 is 37.6 Å². The number of aldehydes is 1. The molecule has 6 nitrogen and oxygen atoms in total. The number of aromatic amines is 1. The van der Waals surface area contributed by atoms with Gasteiger partial charge in [-0.05, 0) is 48.6 Å². The van der Waals surface area contributed by atoms with E-state index in [2.05, 4.69) is 9.72 Å². The van der Waals surface area contributed by atoms with Crippen molar-refractivity contribution in [1.29, 1.82) is 0 Å². The van der Waals surface area contributed by atoms with E-state index in [1.165, 1.54) is 30.3 Å². The maximum atomic E-state index is 12.9. The highest BCUT2D eigenvalue weighted by Gasteiger charge is 2.26. The summed E-state index contributed by atoms with van der Waals surface area (Å²) in [4.78, 5) is 27.3. The largest absolute Gasteiger partial charge is 0.489 e. The third kappa shape index (κ3) is 6.68. The van der Waals surface area contributed by atoms with Crippen LogP contribution in [0.2, 0.25) is 10.0 Å². The maximum Gasteiger partial charge on any atom is 0.387 e. The summed E-state index contributed by atoms with van der Waals surface area (Å²) in [5.74, 6) is -0.283. The van der Waals surface area contributed by atoms with Crippen LogP contribution in [0.3, 0.4) is 0 Å². The first-order valence-electron chi connectivity index (χ1n) is 10.7. The number of aromatic nitrogens is 1. The minimum absolute atomic E-state index is 0.0983. The van der Waals surface area contributed by atoms with Crippen LogP contribution in [0, 0.1) is 5.92 Å². The highest BCUT2D eigenvalue weighted by Crippen LogP contribution is 2.38. The summed E-state index contributed by atoms with van der Waals surface area (Å²) >= 11 is 13.6. The van der Waals surface area contributed by atoms with E-state index in [0.29, 0.717) is 44.9 Å². The number of H-pyrrole nitrogens is 1. The molecular weight excluding hydrogens is 523 g/mol. The van der Waals surface area contributed by atoms with Crippen LogP contribution >= 0.6 is 34.5 Å². The SMILES string of the molecule is O=Cc1ccc(C(=O)O[C@@H](Cc2c(Cl)c[nH+]cc2Cl)c2ccc(OC(F)F)c(OCC3CC3)c2)s1. The first kappa shape index (κ1) is 25.3. The molecule has 0 spiro atoms. The van der Waals surface area contributed by atoms with Crippen molar-refractivity contribution in [2.75, 3.05) is 6.61 Å². The van der Waals surface area contributed by atoms with Crippen molar-refractivity contribution in [1.82, 2.24) is 0 Å². The first-order valence-corrected chi connectivity index (χ1v) is 12.2. The second-order valence-electron chi connectivity index (χ2n) is 7.89. The van der Waals surface area contributed by atoms with Crippen LogP contribution in [0.1, 0.15) is 49.4 Å². The standard InChI is InChI=1S/C24H19Cl2F2NO5S/c25-17-9-29-10-18(26)16(17)8-20(33-23(31)22-6-4-15(11-30)35-22)14-3-5-19(34-24(27)28)21(7-14)32-12-13-1-2-13/h3-7,9-11,13,20,24H,1-2,8,12H2/p+1/t20-/m0/s1. The Morgan fingerprint density at radius 2 is 1.89 bits per heavy atom. The Morgan fingerprint density at radius 3 is 2.51 bits per heavy atom. The number of pyridine rings is 1. The Bertz CT molecular complexity index is 1200. The summed E-state index contributed by atoms with van der Waals surface area (Å²) in [6.45, 7) is -2.66. The number of ether oxygens (including phenoxy) is 3. The summed E-state index contributed by atoms with van der Waals surface area (Å²) in [7, 11) is 0. The number of benzene rings is 1. The van der Waals surface area contributed by atoms with Gasteiger partial charge in [-0.2, -0.15) is 8.78 Å². The second-order valence-corrected chi connectivity index (χ2v) is 9.82. The third-order valence-electron chi connectivity index (χ3n) is 5.31. The maximum absolute atomic E-state index is 12.9. The predicted molar refractivity (Wildman–Crippen MR) is 126 cm³/mol. The average molecular weight is 543 g/mol. The van der Waals surface area contributed by atoms with Crippen LogP contribution in [0.25, 0.3) is 0 Å². The van der Waals surface area contributed by atoms with Crippen LogP contribution < -0.4 is 14.5 Å². The highest BCUT2D eigenvalue weighted by molar-refractivity contribution is 7.15. The number of nitrogens with one attached hydrogen (secondary N) is 1. The van der Waals surface area contributed by atoms with E-state index in [4.69, 9.17) is 32.7 Å². The number of carbonyl (C=O) groups is 2. The monoisotopic (exact) mass is 542 g/mol. The van der Waals surface area contributed by atoms with Crippen LogP contribution in [0.5, 0.6) is 11.5 Å². The molecule has 1 N–H and O–H groups in total. The summed E-state index contributed by atoms with van der Waals surface area (Å²) in [6.07, 6.45) is 4.95. The van der Waals surface area contributed by atoms with Crippen LogP contribution in [-0.2, 0) is 11.2 Å². The van der Waals surface area contributed by atoms with Crippen LogP contribution in [-0.4, -0.2) is 25.5 Å². The molecule has 0 radical (unpaired) electrons. The number of hydrogen-bond donors (Lipinski definition) is 0. The van der Waals surface area contributed by atoms with E-state index < -0.39 is 18.7 Å². The molecular formula is C24H20Cl2F2NO5S+. The van der Waals surface area contributed by atoms with Gasteiger partial charge < -0.3 is 14.2 Å². The Labute approximate surface area is 213 Å². The third-order valence-corrected chi connectivity index (χ3v) is 6.97. The van der Waals surface area contributed by atoms with E-state index in [1.54, 1.807) is 12.4 Å². The fourth-order valence-electron chi connectivity index (χ4n) is 3.32. The van der Waals surface area contributed by atoms with Gasteiger partial charge in [-0.25, -0.2) is 9.78 Å². The molecule has 35 heavy (non-hydrogen) atoms. The van der Waals surface area contributed by atoms with Crippen LogP contribution in [0.4, 0.5) is 8.78 Å². The minimum atomic E-state index is -3.03. The normalized spacial score (nSPS) is 14.0. The van der Waals surface area contributed by atoms with Gasteiger partial charge in [-0.1, -0.05) is 29.3 Å². The molecule has 1 saturated carbocycles. The fourth-order valence-corrected chi connectivity index (χ4v) is 4.56. The molecule has 3 aromatic rings. The summed E-state index contributed by atoms with van der Waals surface area (Å²) in [5.41, 5.74) is 0.996. The van der Waals surface area contributed by atoms with E-state index in [-0.39, 0.29) is 22.8 Å². The molecule has 1 aliphatic carbocycles. The lowest BCUT2D eigenvalue weighted by molar-refractivity contribution is -0.377. The zero-order valence-corrected chi connectivity index (χ0v) is 20.5. The number of halogens is 4.